The molecule has 82 valence electrons. The Morgan fingerprint density at radius 2 is 2.33 bits per heavy atom. The Morgan fingerprint density at radius 1 is 1.60 bits per heavy atom. The maximum absolute atomic E-state index is 9.74. The lowest BCUT2D eigenvalue weighted by Crippen LogP contribution is -2.00. The lowest BCUT2D eigenvalue weighted by molar-refractivity contribution is 0.169. The van der Waals surface area contributed by atoms with Crippen LogP contribution in [0.5, 0.6) is 5.75 Å². The normalized spacial score (nSPS) is 11.9. The summed E-state index contributed by atoms with van der Waals surface area (Å²) in [6, 6.07) is 5.59. The van der Waals surface area contributed by atoms with Crippen molar-refractivity contribution in [3.63, 3.8) is 0 Å². The standard InChI is InChI=1S/C12H17NO2/c1-4-11(14)10-7-6-9(13-5-2)8-12(10)15-3/h5-8,11,13-14H,2,4H2,1,3H3/t11-/m1/s1. The van der Waals surface area contributed by atoms with E-state index < -0.39 is 6.10 Å². The van der Waals surface area contributed by atoms with Gasteiger partial charge in [0.05, 0.1) is 13.2 Å². The SMILES string of the molecule is C=CNc1ccc([C@H](O)CC)c(OC)c1. The molecule has 3 heteroatoms. The number of hydrogen-bond donors (Lipinski definition) is 2. The van der Waals surface area contributed by atoms with E-state index in [1.54, 1.807) is 13.3 Å². The van der Waals surface area contributed by atoms with Crippen LogP contribution in [0, 0.1) is 0 Å². The van der Waals surface area contributed by atoms with Gasteiger partial charge in [0, 0.05) is 17.3 Å². The first-order chi connectivity index (χ1) is 7.22. The molecule has 0 bridgehead atoms. The predicted molar refractivity (Wildman–Crippen MR) is 62.1 cm³/mol. The third-order valence-electron chi connectivity index (χ3n) is 2.25. The molecule has 3 nitrogen and oxygen atoms in total. The fraction of sp³-hybridized carbons (Fsp3) is 0.333. The quantitative estimate of drug-likeness (QED) is 0.780. The number of ether oxygens (including phenoxy) is 1. The predicted octanol–water partition coefficient (Wildman–Crippen LogP) is 2.69. The lowest BCUT2D eigenvalue weighted by atomic mass is 10.1. The monoisotopic (exact) mass is 207 g/mol. The van der Waals surface area contributed by atoms with Gasteiger partial charge in [-0.25, -0.2) is 0 Å². The van der Waals surface area contributed by atoms with Gasteiger partial charge in [-0.15, -0.1) is 0 Å². The van der Waals surface area contributed by atoms with Crippen molar-refractivity contribution in [3.8, 4) is 5.75 Å². The van der Waals surface area contributed by atoms with Gasteiger partial charge in [0.25, 0.3) is 0 Å². The zero-order chi connectivity index (χ0) is 11.3. The second-order valence-electron chi connectivity index (χ2n) is 3.23. The molecule has 1 aromatic rings. The summed E-state index contributed by atoms with van der Waals surface area (Å²) in [5.74, 6) is 0.691. The number of anilines is 1. The van der Waals surface area contributed by atoms with E-state index in [4.69, 9.17) is 4.74 Å². The number of hydrogen-bond acceptors (Lipinski definition) is 3. The van der Waals surface area contributed by atoms with Gasteiger partial charge in [0.1, 0.15) is 5.75 Å². The number of aliphatic hydroxyl groups is 1. The van der Waals surface area contributed by atoms with Crippen LogP contribution in [0.3, 0.4) is 0 Å². The molecule has 0 radical (unpaired) electrons. The Kier molecular flexibility index (Phi) is 4.18. The van der Waals surface area contributed by atoms with Crippen LogP contribution in [-0.4, -0.2) is 12.2 Å². The second-order valence-corrected chi connectivity index (χ2v) is 3.23. The van der Waals surface area contributed by atoms with Gasteiger partial charge in [-0.1, -0.05) is 19.6 Å². The highest BCUT2D eigenvalue weighted by atomic mass is 16.5. The largest absolute Gasteiger partial charge is 0.496 e. The Hall–Kier alpha value is -1.48. The molecule has 1 aromatic carbocycles. The molecule has 0 saturated carbocycles. The summed E-state index contributed by atoms with van der Waals surface area (Å²) in [4.78, 5) is 0. The molecule has 0 spiro atoms. The van der Waals surface area contributed by atoms with E-state index in [1.807, 2.05) is 25.1 Å². The van der Waals surface area contributed by atoms with Crippen molar-refractivity contribution in [1.29, 1.82) is 0 Å². The molecule has 0 unspecified atom stereocenters. The second kappa shape index (κ2) is 5.41. The van der Waals surface area contributed by atoms with E-state index in [0.29, 0.717) is 12.2 Å². The Labute approximate surface area is 90.4 Å². The van der Waals surface area contributed by atoms with Crippen LogP contribution in [0.25, 0.3) is 0 Å². The smallest absolute Gasteiger partial charge is 0.126 e. The number of methoxy groups -OCH3 is 1. The van der Waals surface area contributed by atoms with Gasteiger partial charge in [-0.05, 0) is 18.7 Å². The molecule has 1 atom stereocenters. The summed E-state index contributed by atoms with van der Waals surface area (Å²) < 4.78 is 5.22. The first-order valence-corrected chi connectivity index (χ1v) is 4.96. The van der Waals surface area contributed by atoms with Crippen LogP contribution in [-0.2, 0) is 0 Å². The number of nitrogens with one attached hydrogen (secondary N) is 1. The molecule has 0 heterocycles. The number of benzene rings is 1. The molecule has 0 aliphatic heterocycles. The zero-order valence-corrected chi connectivity index (χ0v) is 9.16. The van der Waals surface area contributed by atoms with Gasteiger partial charge in [-0.3, -0.25) is 0 Å². The van der Waals surface area contributed by atoms with Crippen LogP contribution >= 0.6 is 0 Å². The van der Waals surface area contributed by atoms with Gasteiger partial charge >= 0.3 is 0 Å². The van der Waals surface area contributed by atoms with Crippen LogP contribution in [0.2, 0.25) is 0 Å². The fourth-order valence-corrected chi connectivity index (χ4v) is 1.41. The third-order valence-corrected chi connectivity index (χ3v) is 2.25. The van der Waals surface area contributed by atoms with E-state index in [2.05, 4.69) is 11.9 Å². The lowest BCUT2D eigenvalue weighted by Gasteiger charge is -2.14. The van der Waals surface area contributed by atoms with Crippen LogP contribution in [0.15, 0.2) is 31.0 Å². The summed E-state index contributed by atoms with van der Waals surface area (Å²) >= 11 is 0. The Balaban J connectivity index is 3.02. The van der Waals surface area contributed by atoms with Gasteiger partial charge in [0.2, 0.25) is 0 Å². The minimum atomic E-state index is -0.474. The molecule has 0 aliphatic carbocycles. The molecule has 0 aromatic heterocycles. The highest BCUT2D eigenvalue weighted by Crippen LogP contribution is 2.29. The molecule has 1 rings (SSSR count). The maximum atomic E-state index is 9.74. The third kappa shape index (κ3) is 2.73. The molecular weight excluding hydrogens is 190 g/mol. The van der Waals surface area contributed by atoms with Crippen molar-refractivity contribution < 1.29 is 9.84 Å². The zero-order valence-electron chi connectivity index (χ0n) is 9.16. The highest BCUT2D eigenvalue weighted by molar-refractivity contribution is 5.53. The summed E-state index contributed by atoms with van der Waals surface area (Å²) in [6.45, 7) is 5.51. The van der Waals surface area contributed by atoms with E-state index >= 15 is 0 Å². The van der Waals surface area contributed by atoms with Crippen molar-refractivity contribution in [3.05, 3.63) is 36.5 Å². The Morgan fingerprint density at radius 3 is 2.87 bits per heavy atom. The fourth-order valence-electron chi connectivity index (χ4n) is 1.41. The molecule has 15 heavy (non-hydrogen) atoms. The molecule has 0 amide bonds. The molecule has 0 aliphatic rings. The van der Waals surface area contributed by atoms with Crippen molar-refractivity contribution in [2.45, 2.75) is 19.4 Å². The number of aliphatic hydroxyl groups excluding tert-OH is 1. The van der Waals surface area contributed by atoms with Crippen LogP contribution < -0.4 is 10.1 Å². The summed E-state index contributed by atoms with van der Waals surface area (Å²) in [6.07, 6.45) is 1.80. The van der Waals surface area contributed by atoms with E-state index in [-0.39, 0.29) is 0 Å². The van der Waals surface area contributed by atoms with Crippen molar-refractivity contribution in [1.82, 2.24) is 0 Å². The van der Waals surface area contributed by atoms with Crippen LogP contribution in [0.4, 0.5) is 5.69 Å². The van der Waals surface area contributed by atoms with Crippen LogP contribution in [0.1, 0.15) is 25.0 Å². The highest BCUT2D eigenvalue weighted by Gasteiger charge is 2.11. The summed E-state index contributed by atoms with van der Waals surface area (Å²) in [7, 11) is 1.60. The van der Waals surface area contributed by atoms with E-state index in [0.717, 1.165) is 11.3 Å². The summed E-state index contributed by atoms with van der Waals surface area (Å²) in [5.41, 5.74) is 1.71. The molecular formula is C12H17NO2. The van der Waals surface area contributed by atoms with Crippen molar-refractivity contribution >= 4 is 5.69 Å². The van der Waals surface area contributed by atoms with E-state index in [1.165, 1.54) is 0 Å². The first-order valence-electron chi connectivity index (χ1n) is 4.96. The van der Waals surface area contributed by atoms with Gasteiger partial charge in [0.15, 0.2) is 0 Å². The average molecular weight is 207 g/mol. The minimum absolute atomic E-state index is 0.474. The summed E-state index contributed by atoms with van der Waals surface area (Å²) in [5, 5.41) is 12.7. The molecule has 0 saturated heterocycles. The molecule has 0 fully saturated rings. The maximum Gasteiger partial charge on any atom is 0.126 e. The average Bonchev–Trinajstić information content (AvgIpc) is 2.28. The van der Waals surface area contributed by atoms with Gasteiger partial charge in [-0.2, -0.15) is 0 Å². The van der Waals surface area contributed by atoms with E-state index in [9.17, 15) is 5.11 Å². The minimum Gasteiger partial charge on any atom is -0.496 e. The van der Waals surface area contributed by atoms with Crippen molar-refractivity contribution in [2.75, 3.05) is 12.4 Å². The topological polar surface area (TPSA) is 41.5 Å². The van der Waals surface area contributed by atoms with Crippen molar-refractivity contribution in [2.24, 2.45) is 0 Å². The molecule has 2 N–H and O–H groups in total. The first kappa shape index (κ1) is 11.6. The Bertz CT molecular complexity index is 336. The number of rotatable bonds is 5. The van der Waals surface area contributed by atoms with Gasteiger partial charge < -0.3 is 15.2 Å².